The fourth-order valence-electron chi connectivity index (χ4n) is 3.01. The van der Waals surface area contributed by atoms with Crippen molar-refractivity contribution in [1.29, 1.82) is 0 Å². The van der Waals surface area contributed by atoms with E-state index >= 15 is 0 Å². The van der Waals surface area contributed by atoms with Crippen molar-refractivity contribution >= 4 is 13.3 Å². The van der Waals surface area contributed by atoms with Gasteiger partial charge in [-0.15, -0.1) is 0 Å². The molecule has 0 aliphatic rings. The van der Waals surface area contributed by atoms with Gasteiger partial charge in [-0.3, -0.25) is 0 Å². The topological polar surface area (TPSA) is 0 Å². The molecule has 0 heterocycles. The summed E-state index contributed by atoms with van der Waals surface area (Å²) in [6.07, 6.45) is 0. The summed E-state index contributed by atoms with van der Waals surface area (Å²) >= 11 is 0. The van der Waals surface area contributed by atoms with Crippen LogP contribution in [0, 0.1) is 0 Å². The molecule has 0 radical (unpaired) electrons. The number of rotatable bonds is 6. The van der Waals surface area contributed by atoms with Gasteiger partial charge < -0.3 is 0 Å². The lowest BCUT2D eigenvalue weighted by atomic mass is 9.96. The molecule has 1 heteroatoms. The molecule has 0 saturated carbocycles. The summed E-state index contributed by atoms with van der Waals surface area (Å²) in [5.41, 5.74) is 3.07. The largest absolute Gasteiger partial charge is 0.0859 e. The highest BCUT2D eigenvalue weighted by Crippen LogP contribution is 2.26. The third-order valence-corrected chi connectivity index (χ3v) is 10.5. The third-order valence-electron chi connectivity index (χ3n) is 4.95. The van der Waals surface area contributed by atoms with Crippen molar-refractivity contribution in [2.45, 2.75) is 78.4 Å². The number of benzene rings is 1. The maximum Gasteiger partial charge on any atom is 0.0859 e. The first kappa shape index (κ1) is 16.5. The van der Waals surface area contributed by atoms with Crippen molar-refractivity contribution in [3.8, 4) is 0 Å². The van der Waals surface area contributed by atoms with E-state index in [2.05, 4.69) is 66.7 Å². The van der Waals surface area contributed by atoms with Crippen LogP contribution in [-0.2, 0) is 0 Å². The second-order valence-corrected chi connectivity index (χ2v) is 11.8. The highest BCUT2D eigenvalue weighted by atomic mass is 28.3. The van der Waals surface area contributed by atoms with Crippen LogP contribution < -0.4 is 5.19 Å². The Balaban J connectivity index is 3.41. The van der Waals surface area contributed by atoms with Crippen LogP contribution in [0.5, 0.6) is 0 Å². The summed E-state index contributed by atoms with van der Waals surface area (Å²) < 4.78 is 0. The van der Waals surface area contributed by atoms with Crippen molar-refractivity contribution in [3.05, 3.63) is 29.3 Å². The van der Waals surface area contributed by atoms with Gasteiger partial charge in [0.05, 0.1) is 8.07 Å². The van der Waals surface area contributed by atoms with E-state index in [9.17, 15) is 0 Å². The first-order valence-corrected chi connectivity index (χ1v) is 10.7. The molecule has 0 aliphatic carbocycles. The first-order valence-electron chi connectivity index (χ1n) is 8.05. The number of hydrogen-bond acceptors (Lipinski definition) is 0. The Hall–Kier alpha value is -0.563. The molecule has 1 aromatic rings. The van der Waals surface area contributed by atoms with E-state index in [-0.39, 0.29) is 0 Å². The lowest BCUT2D eigenvalue weighted by molar-refractivity contribution is 0.835. The van der Waals surface area contributed by atoms with Crippen LogP contribution in [0.2, 0.25) is 18.1 Å². The van der Waals surface area contributed by atoms with Crippen LogP contribution >= 0.6 is 0 Å². The average Bonchev–Trinajstić information content (AvgIpc) is 2.41. The van der Waals surface area contributed by atoms with Gasteiger partial charge in [-0.2, -0.15) is 0 Å². The molecule has 0 aromatic heterocycles. The molecule has 1 aromatic carbocycles. The average molecular weight is 277 g/mol. The molecule has 0 nitrogen and oxygen atoms in total. The maximum atomic E-state index is 2.53. The lowest BCUT2D eigenvalue weighted by Crippen LogP contribution is -2.46. The molecule has 0 aliphatic heterocycles. The summed E-state index contributed by atoms with van der Waals surface area (Å²) in [4.78, 5) is 0. The predicted octanol–water partition coefficient (Wildman–Crippen LogP) is 5.65. The molecule has 0 amide bonds. The van der Waals surface area contributed by atoms with E-state index in [1.54, 1.807) is 5.19 Å². The molecule has 0 fully saturated rings. The Bertz CT molecular complexity index is 366. The van der Waals surface area contributed by atoms with Crippen LogP contribution in [0.1, 0.15) is 71.4 Å². The zero-order chi connectivity index (χ0) is 14.6. The Morgan fingerprint density at radius 1 is 0.737 bits per heavy atom. The Kier molecular flexibility index (Phi) is 5.85. The Labute approximate surface area is 121 Å². The zero-order valence-electron chi connectivity index (χ0n) is 14.0. The quantitative estimate of drug-likeness (QED) is 0.589. The van der Waals surface area contributed by atoms with Gasteiger partial charge >= 0.3 is 0 Å². The van der Waals surface area contributed by atoms with Crippen LogP contribution in [0.3, 0.4) is 0 Å². The molecule has 0 saturated heterocycles. The first-order chi connectivity index (χ1) is 8.90. The van der Waals surface area contributed by atoms with Crippen molar-refractivity contribution in [2.24, 2.45) is 0 Å². The summed E-state index contributed by atoms with van der Waals surface area (Å²) in [5, 5.41) is 1.70. The minimum atomic E-state index is -1.25. The van der Waals surface area contributed by atoms with E-state index in [4.69, 9.17) is 0 Å². The molecular weight excluding hydrogens is 244 g/mol. The van der Waals surface area contributed by atoms with Crippen LogP contribution in [0.4, 0.5) is 0 Å². The summed E-state index contributed by atoms with van der Waals surface area (Å²) in [6.45, 7) is 16.5. The van der Waals surface area contributed by atoms with Gasteiger partial charge in [0.1, 0.15) is 0 Å². The molecule has 0 N–H and O–H groups in total. The SMILES string of the molecule is CC[Si](CC)(CC)c1cc(C(C)C)cc(C(C)C)c1. The van der Waals surface area contributed by atoms with Gasteiger partial charge in [-0.05, 0) is 23.0 Å². The van der Waals surface area contributed by atoms with Gasteiger partial charge in [0.25, 0.3) is 0 Å². The highest BCUT2D eigenvalue weighted by Gasteiger charge is 2.29. The molecule has 108 valence electrons. The number of hydrogen-bond donors (Lipinski definition) is 0. The molecule has 1 rings (SSSR count). The van der Waals surface area contributed by atoms with Crippen LogP contribution in [0.25, 0.3) is 0 Å². The Morgan fingerprint density at radius 3 is 1.37 bits per heavy atom. The van der Waals surface area contributed by atoms with Crippen LogP contribution in [-0.4, -0.2) is 8.07 Å². The lowest BCUT2D eigenvalue weighted by Gasteiger charge is -2.30. The molecule has 0 spiro atoms. The Morgan fingerprint density at radius 2 is 1.11 bits per heavy atom. The smallest absolute Gasteiger partial charge is 0.0675 e. The third kappa shape index (κ3) is 3.50. The molecular formula is C18H32Si. The van der Waals surface area contributed by atoms with E-state index in [0.29, 0.717) is 11.8 Å². The molecule has 19 heavy (non-hydrogen) atoms. The van der Waals surface area contributed by atoms with Gasteiger partial charge in [-0.1, -0.05) is 90.0 Å². The monoisotopic (exact) mass is 276 g/mol. The molecule has 0 bridgehead atoms. The zero-order valence-corrected chi connectivity index (χ0v) is 15.0. The van der Waals surface area contributed by atoms with Crippen molar-refractivity contribution in [2.75, 3.05) is 0 Å². The van der Waals surface area contributed by atoms with E-state index in [0.717, 1.165) is 0 Å². The maximum absolute atomic E-state index is 2.53. The predicted molar refractivity (Wildman–Crippen MR) is 91.5 cm³/mol. The van der Waals surface area contributed by atoms with Gasteiger partial charge in [0.2, 0.25) is 0 Å². The van der Waals surface area contributed by atoms with E-state index in [1.807, 2.05) is 0 Å². The van der Waals surface area contributed by atoms with Crippen molar-refractivity contribution in [1.82, 2.24) is 0 Å². The summed E-state index contributed by atoms with van der Waals surface area (Å²) in [7, 11) is -1.25. The second-order valence-electron chi connectivity index (χ2n) is 6.54. The fraction of sp³-hybridized carbons (Fsp3) is 0.667. The van der Waals surface area contributed by atoms with Gasteiger partial charge in [-0.25, -0.2) is 0 Å². The fourth-order valence-corrected chi connectivity index (χ4v) is 6.68. The van der Waals surface area contributed by atoms with E-state index < -0.39 is 8.07 Å². The van der Waals surface area contributed by atoms with Crippen molar-refractivity contribution in [3.63, 3.8) is 0 Å². The summed E-state index contributed by atoms with van der Waals surface area (Å²) in [5.74, 6) is 1.27. The minimum Gasteiger partial charge on any atom is -0.0675 e. The van der Waals surface area contributed by atoms with Gasteiger partial charge in [0.15, 0.2) is 0 Å². The molecule has 0 atom stereocenters. The second kappa shape index (κ2) is 6.74. The van der Waals surface area contributed by atoms with Crippen LogP contribution in [0.15, 0.2) is 18.2 Å². The minimum absolute atomic E-state index is 0.634. The summed E-state index contributed by atoms with van der Waals surface area (Å²) in [6, 6.07) is 11.6. The van der Waals surface area contributed by atoms with Crippen molar-refractivity contribution < 1.29 is 0 Å². The highest BCUT2D eigenvalue weighted by molar-refractivity contribution is 6.91. The van der Waals surface area contributed by atoms with Gasteiger partial charge in [0, 0.05) is 0 Å². The molecule has 0 unspecified atom stereocenters. The van der Waals surface area contributed by atoms with E-state index in [1.165, 1.54) is 29.3 Å². The standard InChI is InChI=1S/C18H32Si/c1-8-19(9-2,10-3)18-12-16(14(4)5)11-17(13-18)15(6)7/h11-15H,8-10H2,1-7H3. The normalized spacial score (nSPS) is 12.5.